The predicted molar refractivity (Wildman–Crippen MR) is 113 cm³/mol. The van der Waals surface area contributed by atoms with E-state index in [1.807, 2.05) is 11.3 Å². The molecule has 29 heavy (non-hydrogen) atoms. The molecule has 2 aliphatic heterocycles. The molecule has 0 atom stereocenters. The maximum Gasteiger partial charge on any atom is 0.243 e. The normalized spacial score (nSPS) is 18.4. The summed E-state index contributed by atoms with van der Waals surface area (Å²) in [7, 11) is -3.48. The fourth-order valence-corrected chi connectivity index (χ4v) is 6.44. The fourth-order valence-electron chi connectivity index (χ4n) is 4.04. The van der Waals surface area contributed by atoms with Crippen LogP contribution in [-0.2, 0) is 23.0 Å². The molecular formula is C22H21FN2O2S2. The lowest BCUT2D eigenvalue weighted by atomic mass is 10.0. The molecule has 0 spiro atoms. The second-order valence-electron chi connectivity index (χ2n) is 7.60. The Morgan fingerprint density at radius 1 is 0.931 bits per heavy atom. The van der Waals surface area contributed by atoms with Crippen molar-refractivity contribution in [3.63, 3.8) is 0 Å². The van der Waals surface area contributed by atoms with Crippen molar-refractivity contribution >= 4 is 21.4 Å². The number of fused-ring (bicyclic) bond motifs is 1. The van der Waals surface area contributed by atoms with Gasteiger partial charge in [-0.25, -0.2) is 12.8 Å². The number of hydrogen-bond donors (Lipinski definition) is 0. The van der Waals surface area contributed by atoms with E-state index in [9.17, 15) is 12.8 Å². The average molecular weight is 429 g/mol. The van der Waals surface area contributed by atoms with Gasteiger partial charge in [0.2, 0.25) is 10.0 Å². The molecule has 0 bridgehead atoms. The Bertz CT molecular complexity index is 1120. The van der Waals surface area contributed by atoms with Crippen molar-refractivity contribution < 1.29 is 12.8 Å². The Morgan fingerprint density at radius 2 is 1.59 bits per heavy atom. The van der Waals surface area contributed by atoms with Gasteiger partial charge in [-0.2, -0.15) is 4.31 Å². The van der Waals surface area contributed by atoms with Crippen molar-refractivity contribution in [3.8, 4) is 11.1 Å². The standard InChI is InChI=1S/C22H21FN2O2S2/c23-19-5-1-16(2-6-19)17-3-7-21(8-4-17)29(26,27)25-14-20(15-25)24-11-9-22-18(13-24)10-12-28-22/h1-8,10,12,20H,9,11,13-15H2. The van der Waals surface area contributed by atoms with Gasteiger partial charge in [0, 0.05) is 37.1 Å². The van der Waals surface area contributed by atoms with Crippen molar-refractivity contribution in [2.75, 3.05) is 19.6 Å². The van der Waals surface area contributed by atoms with Gasteiger partial charge in [-0.15, -0.1) is 11.3 Å². The zero-order chi connectivity index (χ0) is 20.0. The van der Waals surface area contributed by atoms with Crippen LogP contribution >= 0.6 is 11.3 Å². The quantitative estimate of drug-likeness (QED) is 0.631. The van der Waals surface area contributed by atoms with E-state index in [-0.39, 0.29) is 11.9 Å². The third-order valence-electron chi connectivity index (χ3n) is 5.85. The van der Waals surface area contributed by atoms with Crippen LogP contribution in [0.1, 0.15) is 10.4 Å². The highest BCUT2D eigenvalue weighted by Gasteiger charge is 2.40. The number of nitrogens with zero attached hydrogens (tertiary/aromatic N) is 2. The summed E-state index contributed by atoms with van der Waals surface area (Å²) in [5.41, 5.74) is 3.11. The van der Waals surface area contributed by atoms with E-state index in [0.29, 0.717) is 18.0 Å². The molecule has 150 valence electrons. The van der Waals surface area contributed by atoms with Gasteiger partial charge in [0.25, 0.3) is 0 Å². The van der Waals surface area contributed by atoms with Crippen molar-refractivity contribution in [3.05, 3.63) is 76.2 Å². The molecule has 3 heterocycles. The molecule has 0 N–H and O–H groups in total. The fraction of sp³-hybridized carbons (Fsp3) is 0.273. The molecule has 1 fully saturated rings. The summed E-state index contributed by atoms with van der Waals surface area (Å²) in [6, 6.07) is 15.5. The van der Waals surface area contributed by atoms with Crippen LogP contribution in [0.15, 0.2) is 64.9 Å². The number of thiophene rings is 1. The molecule has 7 heteroatoms. The molecule has 3 aromatic rings. The van der Waals surface area contributed by atoms with Gasteiger partial charge < -0.3 is 0 Å². The zero-order valence-electron chi connectivity index (χ0n) is 15.8. The van der Waals surface area contributed by atoms with Crippen LogP contribution in [-0.4, -0.2) is 43.3 Å². The first-order chi connectivity index (χ1) is 14.0. The van der Waals surface area contributed by atoms with Crippen LogP contribution in [0.25, 0.3) is 11.1 Å². The second-order valence-corrected chi connectivity index (χ2v) is 10.5. The first-order valence-electron chi connectivity index (χ1n) is 9.66. The molecule has 0 unspecified atom stereocenters. The van der Waals surface area contributed by atoms with E-state index < -0.39 is 10.0 Å². The van der Waals surface area contributed by atoms with E-state index >= 15 is 0 Å². The minimum absolute atomic E-state index is 0.288. The van der Waals surface area contributed by atoms with Gasteiger partial charge in [0.15, 0.2) is 0 Å². The molecule has 4 nitrogen and oxygen atoms in total. The van der Waals surface area contributed by atoms with Gasteiger partial charge in [-0.05, 0) is 58.8 Å². The lowest BCUT2D eigenvalue weighted by molar-refractivity contribution is 0.0775. The monoisotopic (exact) mass is 428 g/mol. The van der Waals surface area contributed by atoms with E-state index in [1.54, 1.807) is 40.7 Å². The molecule has 0 radical (unpaired) electrons. The summed E-state index contributed by atoms with van der Waals surface area (Å²) < 4.78 is 40.6. The van der Waals surface area contributed by atoms with E-state index in [0.717, 1.165) is 30.6 Å². The first-order valence-corrected chi connectivity index (χ1v) is 12.0. The summed E-state index contributed by atoms with van der Waals surface area (Å²) in [4.78, 5) is 4.17. The van der Waals surface area contributed by atoms with Gasteiger partial charge in [0.1, 0.15) is 5.82 Å². The van der Waals surface area contributed by atoms with Crippen molar-refractivity contribution in [1.82, 2.24) is 9.21 Å². The van der Waals surface area contributed by atoms with Crippen LogP contribution in [0.4, 0.5) is 4.39 Å². The summed E-state index contributed by atoms with van der Waals surface area (Å²) in [6.07, 6.45) is 1.06. The van der Waals surface area contributed by atoms with Gasteiger partial charge in [-0.3, -0.25) is 4.90 Å². The molecular weight excluding hydrogens is 407 g/mol. The maximum atomic E-state index is 13.1. The van der Waals surface area contributed by atoms with Gasteiger partial charge >= 0.3 is 0 Å². The lowest BCUT2D eigenvalue weighted by Gasteiger charge is -2.45. The van der Waals surface area contributed by atoms with Crippen molar-refractivity contribution in [2.45, 2.75) is 23.9 Å². The molecule has 5 rings (SSSR count). The summed E-state index contributed by atoms with van der Waals surface area (Å²) in [5.74, 6) is -0.288. The number of sulfonamides is 1. The number of benzene rings is 2. The van der Waals surface area contributed by atoms with E-state index in [2.05, 4.69) is 16.3 Å². The van der Waals surface area contributed by atoms with Crippen LogP contribution in [0, 0.1) is 5.82 Å². The van der Waals surface area contributed by atoms with Crippen LogP contribution in [0.3, 0.4) is 0 Å². The number of hydrogen-bond acceptors (Lipinski definition) is 4. The second kappa shape index (κ2) is 7.32. The third-order valence-corrected chi connectivity index (χ3v) is 8.72. The Morgan fingerprint density at radius 3 is 2.28 bits per heavy atom. The topological polar surface area (TPSA) is 40.6 Å². The largest absolute Gasteiger partial charge is 0.293 e. The number of halogens is 1. The molecule has 1 aromatic heterocycles. The lowest BCUT2D eigenvalue weighted by Crippen LogP contribution is -2.61. The minimum Gasteiger partial charge on any atom is -0.293 e. The summed E-state index contributed by atoms with van der Waals surface area (Å²) in [6.45, 7) is 3.01. The summed E-state index contributed by atoms with van der Waals surface area (Å²) >= 11 is 1.82. The maximum absolute atomic E-state index is 13.1. The highest BCUT2D eigenvalue weighted by Crippen LogP contribution is 2.31. The molecule has 0 aliphatic carbocycles. The average Bonchev–Trinajstić information content (AvgIpc) is 3.15. The van der Waals surface area contributed by atoms with Gasteiger partial charge in [0.05, 0.1) is 4.90 Å². The molecule has 0 amide bonds. The van der Waals surface area contributed by atoms with Crippen molar-refractivity contribution in [1.29, 1.82) is 0 Å². The zero-order valence-corrected chi connectivity index (χ0v) is 17.4. The number of rotatable bonds is 4. The Balaban J connectivity index is 1.25. The van der Waals surface area contributed by atoms with E-state index in [1.165, 1.54) is 22.6 Å². The van der Waals surface area contributed by atoms with Crippen LogP contribution in [0.2, 0.25) is 0 Å². The highest BCUT2D eigenvalue weighted by atomic mass is 32.2. The predicted octanol–water partition coefficient (Wildman–Crippen LogP) is 3.99. The van der Waals surface area contributed by atoms with Crippen LogP contribution < -0.4 is 0 Å². The van der Waals surface area contributed by atoms with Crippen molar-refractivity contribution in [2.24, 2.45) is 0 Å². The molecule has 2 aromatic carbocycles. The molecule has 1 saturated heterocycles. The SMILES string of the molecule is O=S(=O)(c1ccc(-c2ccc(F)cc2)cc1)N1CC(N2CCc3sccc3C2)C1. The first kappa shape index (κ1) is 18.9. The Hall–Kier alpha value is -2.06. The Kier molecular flexibility index (Phi) is 4.78. The van der Waals surface area contributed by atoms with Gasteiger partial charge in [-0.1, -0.05) is 24.3 Å². The minimum atomic E-state index is -3.48. The molecule has 0 saturated carbocycles. The highest BCUT2D eigenvalue weighted by molar-refractivity contribution is 7.89. The summed E-state index contributed by atoms with van der Waals surface area (Å²) in [5, 5.41) is 2.14. The van der Waals surface area contributed by atoms with E-state index in [4.69, 9.17) is 0 Å². The molecule has 2 aliphatic rings. The van der Waals surface area contributed by atoms with Crippen LogP contribution in [0.5, 0.6) is 0 Å². The Labute approximate surface area is 174 Å². The smallest absolute Gasteiger partial charge is 0.243 e. The third kappa shape index (κ3) is 3.53.